The van der Waals surface area contributed by atoms with Crippen LogP contribution in [0.2, 0.25) is 5.02 Å². The van der Waals surface area contributed by atoms with E-state index in [2.05, 4.69) is 10.3 Å². The van der Waals surface area contributed by atoms with Gasteiger partial charge in [-0.15, -0.1) is 0 Å². The number of nitrogens with one attached hydrogen (secondary N) is 1. The smallest absolute Gasteiger partial charge is 0.197 e. The molecule has 1 aromatic heterocycles. The molecule has 5 nitrogen and oxygen atoms in total. The summed E-state index contributed by atoms with van der Waals surface area (Å²) in [7, 11) is -2.95. The van der Waals surface area contributed by atoms with Crippen molar-refractivity contribution < 1.29 is 12.8 Å². The predicted octanol–water partition coefficient (Wildman–Crippen LogP) is 1.41. The van der Waals surface area contributed by atoms with Gasteiger partial charge in [-0.25, -0.2) is 13.4 Å². The number of fused-ring (bicyclic) bond motifs is 1. The molecule has 2 heterocycles. The van der Waals surface area contributed by atoms with Crippen LogP contribution >= 0.6 is 11.6 Å². The largest absolute Gasteiger partial charge is 0.439 e. The normalized spacial score (nSPS) is 22.7. The summed E-state index contributed by atoms with van der Waals surface area (Å²) in [6.45, 7) is 0.480. The Labute approximate surface area is 115 Å². The fourth-order valence-corrected chi connectivity index (χ4v) is 3.91. The van der Waals surface area contributed by atoms with Gasteiger partial charge in [-0.05, 0) is 12.1 Å². The lowest BCUT2D eigenvalue weighted by molar-refractivity contribution is 0.457. The summed E-state index contributed by atoms with van der Waals surface area (Å²) < 4.78 is 28.7. The van der Waals surface area contributed by atoms with Crippen molar-refractivity contribution in [1.29, 1.82) is 0 Å². The lowest BCUT2D eigenvalue weighted by Crippen LogP contribution is -2.46. The molecule has 1 fully saturated rings. The maximum absolute atomic E-state index is 11.6. The Hall–Kier alpha value is -1.11. The van der Waals surface area contributed by atoms with Crippen LogP contribution in [0.3, 0.4) is 0 Å². The van der Waals surface area contributed by atoms with Crippen molar-refractivity contribution in [1.82, 2.24) is 10.3 Å². The quantitative estimate of drug-likeness (QED) is 0.908. The fraction of sp³-hybridized carbons (Fsp3) is 0.417. The highest BCUT2D eigenvalue weighted by Gasteiger charge is 2.25. The van der Waals surface area contributed by atoms with Gasteiger partial charge >= 0.3 is 0 Å². The van der Waals surface area contributed by atoms with Crippen LogP contribution in [0, 0.1) is 0 Å². The molecule has 7 heteroatoms. The van der Waals surface area contributed by atoms with Crippen LogP contribution in [-0.2, 0) is 16.3 Å². The molecule has 0 spiro atoms. The minimum Gasteiger partial charge on any atom is -0.439 e. The van der Waals surface area contributed by atoms with Crippen LogP contribution < -0.4 is 5.32 Å². The number of halogens is 1. The van der Waals surface area contributed by atoms with Gasteiger partial charge in [0.25, 0.3) is 0 Å². The van der Waals surface area contributed by atoms with Gasteiger partial charge in [0.15, 0.2) is 21.3 Å². The lowest BCUT2D eigenvalue weighted by Gasteiger charge is -2.22. The number of aromatic nitrogens is 1. The van der Waals surface area contributed by atoms with E-state index in [9.17, 15) is 8.42 Å². The third-order valence-corrected chi connectivity index (χ3v) is 5.17. The molecule has 1 atom stereocenters. The van der Waals surface area contributed by atoms with Crippen molar-refractivity contribution in [3.8, 4) is 0 Å². The van der Waals surface area contributed by atoms with E-state index >= 15 is 0 Å². The molecule has 3 rings (SSSR count). The van der Waals surface area contributed by atoms with Crippen LogP contribution in [0.25, 0.3) is 11.1 Å². The third kappa shape index (κ3) is 2.75. The Morgan fingerprint density at radius 2 is 2.32 bits per heavy atom. The Morgan fingerprint density at radius 3 is 3.05 bits per heavy atom. The van der Waals surface area contributed by atoms with Gasteiger partial charge in [-0.3, -0.25) is 0 Å². The second-order valence-corrected chi connectivity index (χ2v) is 7.30. The van der Waals surface area contributed by atoms with E-state index in [1.807, 2.05) is 6.07 Å². The lowest BCUT2D eigenvalue weighted by atomic mass is 10.2. The van der Waals surface area contributed by atoms with E-state index in [-0.39, 0.29) is 17.5 Å². The van der Waals surface area contributed by atoms with Gasteiger partial charge in [-0.1, -0.05) is 17.7 Å². The summed E-state index contributed by atoms with van der Waals surface area (Å²) in [5.74, 6) is 0.834. The van der Waals surface area contributed by atoms with Gasteiger partial charge in [0.1, 0.15) is 5.52 Å². The number of benzene rings is 1. The van der Waals surface area contributed by atoms with E-state index in [0.717, 1.165) is 0 Å². The Kier molecular flexibility index (Phi) is 3.24. The second-order valence-electron chi connectivity index (χ2n) is 4.67. The summed E-state index contributed by atoms with van der Waals surface area (Å²) in [6, 6.07) is 5.22. The molecule has 19 heavy (non-hydrogen) atoms. The minimum absolute atomic E-state index is 0.124. The molecule has 2 aromatic rings. The molecular formula is C12H13ClN2O3S. The first-order valence-electron chi connectivity index (χ1n) is 6.01. The molecule has 102 valence electrons. The topological polar surface area (TPSA) is 72.2 Å². The number of nitrogens with zero attached hydrogens (tertiary/aromatic N) is 1. The molecule has 1 N–H and O–H groups in total. The van der Waals surface area contributed by atoms with Crippen LogP contribution in [0.5, 0.6) is 0 Å². The maximum atomic E-state index is 11.6. The van der Waals surface area contributed by atoms with Crippen molar-refractivity contribution in [2.45, 2.75) is 12.5 Å². The molecule has 0 bridgehead atoms. The molecule has 1 aromatic carbocycles. The zero-order valence-electron chi connectivity index (χ0n) is 10.1. The maximum Gasteiger partial charge on any atom is 0.197 e. The Balaban J connectivity index is 1.84. The number of hydrogen-bond donors (Lipinski definition) is 1. The first-order valence-corrected chi connectivity index (χ1v) is 8.21. The van der Waals surface area contributed by atoms with Gasteiger partial charge in [0, 0.05) is 19.0 Å². The van der Waals surface area contributed by atoms with Gasteiger partial charge in [0.2, 0.25) is 0 Å². The average molecular weight is 301 g/mol. The van der Waals surface area contributed by atoms with E-state index < -0.39 is 9.84 Å². The van der Waals surface area contributed by atoms with E-state index in [4.69, 9.17) is 16.0 Å². The summed E-state index contributed by atoms with van der Waals surface area (Å²) in [6.07, 6.45) is 0.449. The second kappa shape index (κ2) is 4.77. The molecule has 0 saturated carbocycles. The highest BCUT2D eigenvalue weighted by molar-refractivity contribution is 7.91. The molecule has 0 aliphatic carbocycles. The summed E-state index contributed by atoms with van der Waals surface area (Å²) in [5.41, 5.74) is 1.25. The van der Waals surface area contributed by atoms with Crippen LogP contribution in [0.15, 0.2) is 22.6 Å². The van der Waals surface area contributed by atoms with E-state index in [1.54, 1.807) is 12.1 Å². The van der Waals surface area contributed by atoms with Crippen LogP contribution in [-0.4, -0.2) is 37.5 Å². The monoisotopic (exact) mass is 300 g/mol. The van der Waals surface area contributed by atoms with E-state index in [1.165, 1.54) is 0 Å². The zero-order valence-corrected chi connectivity index (χ0v) is 11.7. The van der Waals surface area contributed by atoms with Gasteiger partial charge < -0.3 is 9.73 Å². The number of oxazole rings is 1. The fourth-order valence-electron chi connectivity index (χ4n) is 2.26. The van der Waals surface area contributed by atoms with Crippen LogP contribution in [0.4, 0.5) is 0 Å². The highest BCUT2D eigenvalue weighted by atomic mass is 35.5. The molecule has 1 unspecified atom stereocenters. The highest BCUT2D eigenvalue weighted by Crippen LogP contribution is 2.24. The van der Waals surface area contributed by atoms with Gasteiger partial charge in [-0.2, -0.15) is 0 Å². The van der Waals surface area contributed by atoms with Crippen molar-refractivity contribution in [3.63, 3.8) is 0 Å². The molecule has 0 radical (unpaired) electrons. The first-order chi connectivity index (χ1) is 9.03. The molecule has 1 aliphatic heterocycles. The zero-order chi connectivity index (χ0) is 13.5. The van der Waals surface area contributed by atoms with Crippen molar-refractivity contribution in [3.05, 3.63) is 29.1 Å². The van der Waals surface area contributed by atoms with Gasteiger partial charge in [0.05, 0.1) is 16.5 Å². The average Bonchev–Trinajstić information content (AvgIpc) is 2.71. The molecule has 0 amide bonds. The molecule has 1 saturated heterocycles. The van der Waals surface area contributed by atoms with Crippen molar-refractivity contribution >= 4 is 32.5 Å². The predicted molar refractivity (Wildman–Crippen MR) is 73.2 cm³/mol. The first kappa shape index (κ1) is 12.9. The molecular weight excluding hydrogens is 288 g/mol. The summed E-state index contributed by atoms with van der Waals surface area (Å²) in [5, 5.41) is 3.68. The SMILES string of the molecule is O=S1(=O)CCNC(Cc2nc3cccc(Cl)c3o2)C1. The Bertz CT molecular complexity index is 711. The standard InChI is InChI=1S/C12H13ClN2O3S/c13-9-2-1-3-10-12(9)18-11(15-10)6-8-7-19(16,17)5-4-14-8/h1-3,8,14H,4-7H2. The Morgan fingerprint density at radius 1 is 1.47 bits per heavy atom. The third-order valence-electron chi connectivity index (χ3n) is 3.13. The minimum atomic E-state index is -2.95. The number of para-hydroxylation sites is 1. The van der Waals surface area contributed by atoms with Crippen LogP contribution in [0.1, 0.15) is 5.89 Å². The van der Waals surface area contributed by atoms with Crippen molar-refractivity contribution in [2.24, 2.45) is 0 Å². The number of rotatable bonds is 2. The molecule has 1 aliphatic rings. The summed E-state index contributed by atoms with van der Waals surface area (Å²) >= 11 is 6.01. The number of hydrogen-bond acceptors (Lipinski definition) is 5. The van der Waals surface area contributed by atoms with E-state index in [0.29, 0.717) is 35.0 Å². The summed E-state index contributed by atoms with van der Waals surface area (Å²) in [4.78, 5) is 4.33. The van der Waals surface area contributed by atoms with Crippen molar-refractivity contribution in [2.75, 3.05) is 18.1 Å². The number of sulfone groups is 1.